The van der Waals surface area contributed by atoms with Gasteiger partial charge in [0.25, 0.3) is 0 Å². The fourth-order valence-electron chi connectivity index (χ4n) is 2.81. The van der Waals surface area contributed by atoms with E-state index in [1.54, 1.807) is 7.11 Å². The molecule has 0 saturated carbocycles. The molecule has 124 valence electrons. The molecule has 0 spiro atoms. The highest BCUT2D eigenvalue weighted by atomic mass is 16.5. The van der Waals surface area contributed by atoms with E-state index in [1.165, 1.54) is 5.56 Å². The molecule has 24 heavy (non-hydrogen) atoms. The molecule has 4 nitrogen and oxygen atoms in total. The van der Waals surface area contributed by atoms with Crippen molar-refractivity contribution in [3.63, 3.8) is 0 Å². The average molecular weight is 321 g/mol. The second kappa shape index (κ2) is 7.32. The predicted octanol–water partition coefficient (Wildman–Crippen LogP) is 3.96. The molecule has 0 saturated heterocycles. The summed E-state index contributed by atoms with van der Waals surface area (Å²) in [4.78, 5) is 6.72. The Balaban J connectivity index is 1.75. The van der Waals surface area contributed by atoms with Crippen molar-refractivity contribution in [3.05, 3.63) is 66.4 Å². The number of nitrogens with zero attached hydrogens (tertiary/aromatic N) is 2. The number of hydrogen-bond donors (Lipinski definition) is 1. The molecule has 0 aliphatic carbocycles. The number of aromatic nitrogens is 1. The molecule has 0 aliphatic heterocycles. The van der Waals surface area contributed by atoms with E-state index in [4.69, 9.17) is 4.74 Å². The smallest absolute Gasteiger partial charge is 0.118 e. The third kappa shape index (κ3) is 3.66. The van der Waals surface area contributed by atoms with Crippen LogP contribution in [-0.2, 0) is 0 Å². The molecule has 0 amide bonds. The van der Waals surface area contributed by atoms with Crippen molar-refractivity contribution in [2.75, 3.05) is 33.1 Å². The molecule has 1 aromatic heterocycles. The minimum atomic E-state index is 0.266. The Bertz CT molecular complexity index is 799. The lowest BCUT2D eigenvalue weighted by Crippen LogP contribution is -2.26. The van der Waals surface area contributed by atoms with E-state index in [0.29, 0.717) is 0 Å². The Morgan fingerprint density at radius 3 is 2.54 bits per heavy atom. The van der Waals surface area contributed by atoms with Gasteiger partial charge in [-0.25, -0.2) is 0 Å². The Kier molecular flexibility index (Phi) is 4.96. The minimum Gasteiger partial charge on any atom is -0.497 e. The Morgan fingerprint density at radius 1 is 1.08 bits per heavy atom. The van der Waals surface area contributed by atoms with E-state index in [-0.39, 0.29) is 6.04 Å². The average Bonchev–Trinajstić information content (AvgIpc) is 2.62. The van der Waals surface area contributed by atoms with Gasteiger partial charge in [0.2, 0.25) is 0 Å². The summed E-state index contributed by atoms with van der Waals surface area (Å²) in [6.07, 6.45) is 1.89. The molecule has 1 atom stereocenters. The van der Waals surface area contributed by atoms with Gasteiger partial charge in [-0.2, -0.15) is 0 Å². The van der Waals surface area contributed by atoms with Gasteiger partial charge >= 0.3 is 0 Å². The Morgan fingerprint density at radius 2 is 1.83 bits per heavy atom. The van der Waals surface area contributed by atoms with Gasteiger partial charge in [0.05, 0.1) is 30.6 Å². The number of para-hydroxylation sites is 1. The molecule has 4 heteroatoms. The third-order valence-corrected chi connectivity index (χ3v) is 4.21. The van der Waals surface area contributed by atoms with Crippen molar-refractivity contribution in [2.24, 2.45) is 0 Å². The maximum Gasteiger partial charge on any atom is 0.118 e. The van der Waals surface area contributed by atoms with E-state index in [9.17, 15) is 0 Å². The van der Waals surface area contributed by atoms with Crippen LogP contribution in [0.25, 0.3) is 10.9 Å². The van der Waals surface area contributed by atoms with Gasteiger partial charge in [-0.1, -0.05) is 30.3 Å². The van der Waals surface area contributed by atoms with Crippen molar-refractivity contribution >= 4 is 16.6 Å². The molecule has 0 radical (unpaired) electrons. The maximum atomic E-state index is 5.24. The van der Waals surface area contributed by atoms with E-state index in [1.807, 2.05) is 36.5 Å². The zero-order valence-corrected chi connectivity index (χ0v) is 14.4. The van der Waals surface area contributed by atoms with Crippen LogP contribution in [0, 0.1) is 0 Å². The summed E-state index contributed by atoms with van der Waals surface area (Å²) in [5.74, 6) is 0.878. The normalized spacial score (nSPS) is 12.3. The van der Waals surface area contributed by atoms with Gasteiger partial charge in [0, 0.05) is 11.9 Å². The van der Waals surface area contributed by atoms with Crippen LogP contribution in [0.2, 0.25) is 0 Å². The molecule has 1 N–H and O–H groups in total. The number of rotatable bonds is 6. The minimum absolute atomic E-state index is 0.266. The van der Waals surface area contributed by atoms with Crippen LogP contribution in [-0.4, -0.2) is 37.6 Å². The van der Waals surface area contributed by atoms with Crippen LogP contribution >= 0.6 is 0 Å². The van der Waals surface area contributed by atoms with Crippen LogP contribution < -0.4 is 10.1 Å². The largest absolute Gasteiger partial charge is 0.497 e. The summed E-state index contributed by atoms with van der Waals surface area (Å²) < 4.78 is 5.24. The number of likely N-dealkylation sites (N-methyl/N-ethyl adjacent to an activating group) is 1. The second-order valence-corrected chi connectivity index (χ2v) is 6.05. The first-order valence-corrected chi connectivity index (χ1v) is 8.06. The van der Waals surface area contributed by atoms with Crippen molar-refractivity contribution < 1.29 is 4.74 Å². The number of hydrogen-bond acceptors (Lipinski definition) is 4. The Hall–Kier alpha value is -2.59. The molecule has 3 rings (SSSR count). The number of ether oxygens (including phenoxy) is 1. The van der Waals surface area contributed by atoms with E-state index in [0.717, 1.165) is 28.9 Å². The molecular weight excluding hydrogens is 298 g/mol. The fourth-order valence-corrected chi connectivity index (χ4v) is 2.81. The molecule has 1 unspecified atom stereocenters. The summed E-state index contributed by atoms with van der Waals surface area (Å²) in [5, 5.41) is 4.66. The van der Waals surface area contributed by atoms with Crippen LogP contribution in [0.1, 0.15) is 11.6 Å². The standard InChI is InChI=1S/C20H23N3O/c1-23(2)20(15-8-10-18(24-3)11-9-15)14-21-17-12-16-6-4-5-7-19(16)22-13-17/h4-13,20-21H,14H2,1-3H3. The quantitative estimate of drug-likeness (QED) is 0.746. The Labute approximate surface area is 143 Å². The number of methoxy groups -OCH3 is 1. The van der Waals surface area contributed by atoms with Crippen LogP contribution in [0.3, 0.4) is 0 Å². The summed E-state index contributed by atoms with van der Waals surface area (Å²) >= 11 is 0. The topological polar surface area (TPSA) is 37.4 Å². The molecule has 0 aliphatic rings. The lowest BCUT2D eigenvalue weighted by atomic mass is 10.1. The lowest BCUT2D eigenvalue weighted by molar-refractivity contribution is 0.311. The van der Waals surface area contributed by atoms with Crippen molar-refractivity contribution in [1.82, 2.24) is 9.88 Å². The van der Waals surface area contributed by atoms with Crippen molar-refractivity contribution in [2.45, 2.75) is 6.04 Å². The summed E-state index contributed by atoms with van der Waals surface area (Å²) in [5.41, 5.74) is 3.30. The van der Waals surface area contributed by atoms with Gasteiger partial charge in [-0.15, -0.1) is 0 Å². The summed E-state index contributed by atoms with van der Waals surface area (Å²) in [7, 11) is 5.87. The highest BCUT2D eigenvalue weighted by Crippen LogP contribution is 2.23. The molecule has 0 fully saturated rings. The lowest BCUT2D eigenvalue weighted by Gasteiger charge is -2.25. The van der Waals surface area contributed by atoms with Crippen molar-refractivity contribution in [1.29, 1.82) is 0 Å². The van der Waals surface area contributed by atoms with Crippen LogP contribution in [0.5, 0.6) is 5.75 Å². The first-order chi connectivity index (χ1) is 11.7. The first kappa shape index (κ1) is 16.3. The summed E-state index contributed by atoms with van der Waals surface area (Å²) in [6, 6.07) is 18.8. The maximum absolute atomic E-state index is 5.24. The van der Waals surface area contributed by atoms with E-state index in [2.05, 4.69) is 53.6 Å². The number of nitrogens with one attached hydrogen (secondary N) is 1. The number of benzene rings is 2. The van der Waals surface area contributed by atoms with E-state index < -0.39 is 0 Å². The van der Waals surface area contributed by atoms with E-state index >= 15 is 0 Å². The zero-order chi connectivity index (χ0) is 16.9. The molecule has 2 aromatic carbocycles. The molecule has 3 aromatic rings. The summed E-state index contributed by atoms with van der Waals surface area (Å²) in [6.45, 7) is 0.805. The number of anilines is 1. The first-order valence-electron chi connectivity index (χ1n) is 8.06. The van der Waals surface area contributed by atoms with Gasteiger partial charge in [-0.05, 0) is 43.9 Å². The number of pyridine rings is 1. The predicted molar refractivity (Wildman–Crippen MR) is 99.7 cm³/mol. The van der Waals surface area contributed by atoms with Crippen LogP contribution in [0.15, 0.2) is 60.8 Å². The van der Waals surface area contributed by atoms with Gasteiger partial charge in [-0.3, -0.25) is 4.98 Å². The van der Waals surface area contributed by atoms with Gasteiger partial charge in [0.15, 0.2) is 0 Å². The fraction of sp³-hybridized carbons (Fsp3) is 0.250. The number of fused-ring (bicyclic) bond motifs is 1. The molecule has 0 bridgehead atoms. The van der Waals surface area contributed by atoms with Crippen LogP contribution in [0.4, 0.5) is 5.69 Å². The molecule has 1 heterocycles. The molecular formula is C20H23N3O. The highest BCUT2D eigenvalue weighted by molar-refractivity contribution is 5.81. The van der Waals surface area contributed by atoms with Crippen molar-refractivity contribution in [3.8, 4) is 5.75 Å². The third-order valence-electron chi connectivity index (χ3n) is 4.21. The zero-order valence-electron chi connectivity index (χ0n) is 14.4. The highest BCUT2D eigenvalue weighted by Gasteiger charge is 2.14. The van der Waals surface area contributed by atoms with Gasteiger partial charge in [0.1, 0.15) is 5.75 Å². The van der Waals surface area contributed by atoms with Gasteiger partial charge < -0.3 is 15.0 Å². The SMILES string of the molecule is COc1ccc(C(CNc2cnc3ccccc3c2)N(C)C)cc1. The monoisotopic (exact) mass is 321 g/mol. The second-order valence-electron chi connectivity index (χ2n) is 6.05.